The Hall–Kier alpha value is -2.68. The van der Waals surface area contributed by atoms with Crippen LogP contribution >= 0.6 is 0 Å². The minimum atomic E-state index is -2.66. The molecule has 0 N–H and O–H groups in total. The molecule has 0 aliphatic rings. The van der Waals surface area contributed by atoms with E-state index in [-0.39, 0.29) is 22.8 Å². The van der Waals surface area contributed by atoms with Gasteiger partial charge in [-0.1, -0.05) is 48.5 Å². The number of carbonyl (C=O) groups excluding carboxylic acids is 1. The minimum Gasteiger partial charge on any atom is -1.00 e. The number of benzene rings is 3. The summed E-state index contributed by atoms with van der Waals surface area (Å²) >= 11 is 0. The number of nitrogens with zero attached hydrogens (tertiary/aromatic N) is 2. The number of ketones is 1. The second-order valence-corrected chi connectivity index (χ2v) is 9.81. The zero-order valence-corrected chi connectivity index (χ0v) is 22.7. The first-order valence-electron chi connectivity index (χ1n) is 11.5. The number of hydrogen-bond donors (Lipinski definition) is 1. The van der Waals surface area contributed by atoms with Crippen LogP contribution in [0.2, 0.25) is 0 Å². The molecule has 0 radical (unpaired) electrons. The lowest BCUT2D eigenvalue weighted by molar-refractivity contribution is -0.890. The van der Waals surface area contributed by atoms with Gasteiger partial charge in [-0.15, -0.1) is 0 Å². The molecule has 0 saturated heterocycles. The molecule has 0 amide bonds. The molecule has 6 nitrogen and oxygen atoms in total. The lowest BCUT2D eigenvalue weighted by Gasteiger charge is -2.30. The van der Waals surface area contributed by atoms with Crippen LogP contribution in [0.1, 0.15) is 28.8 Å². The zero-order valence-electron chi connectivity index (χ0n) is 20.2. The van der Waals surface area contributed by atoms with Crippen LogP contribution < -0.4 is 26.0 Å². The number of quaternary nitrogens is 1. The van der Waals surface area contributed by atoms with E-state index >= 15 is 0 Å². The number of halogens is 1. The Bertz CT molecular complexity index is 1110. The van der Waals surface area contributed by atoms with Gasteiger partial charge in [-0.05, 0) is 36.4 Å². The van der Waals surface area contributed by atoms with E-state index in [2.05, 4.69) is 14.1 Å². The van der Waals surface area contributed by atoms with Crippen molar-refractivity contribution in [1.29, 1.82) is 0 Å². The molecule has 3 aromatic rings. The van der Waals surface area contributed by atoms with Gasteiger partial charge in [0.25, 0.3) is 0 Å². The van der Waals surface area contributed by atoms with Crippen molar-refractivity contribution >= 4 is 22.4 Å². The van der Waals surface area contributed by atoms with Crippen LogP contribution in [0.3, 0.4) is 0 Å². The van der Waals surface area contributed by atoms with E-state index < -0.39 is 10.9 Å². The molecule has 0 unspecified atom stereocenters. The predicted molar refractivity (Wildman–Crippen MR) is 137 cm³/mol. The van der Waals surface area contributed by atoms with Gasteiger partial charge in [0.05, 0.1) is 39.5 Å². The molecule has 0 aromatic heterocycles. The Balaban J connectivity index is 0.00000432. The van der Waals surface area contributed by atoms with Gasteiger partial charge >= 0.3 is 0 Å². The lowest BCUT2D eigenvalue weighted by atomic mass is 10.0. The van der Waals surface area contributed by atoms with Crippen LogP contribution in [-0.4, -0.2) is 59.0 Å². The molecular weight excluding hydrogens is 528 g/mol. The van der Waals surface area contributed by atoms with Crippen molar-refractivity contribution in [1.82, 2.24) is 0 Å². The molecule has 3 aromatic carbocycles. The summed E-state index contributed by atoms with van der Waals surface area (Å²) in [5.41, 5.74) is 2.01. The Labute approximate surface area is 220 Å². The average Bonchev–Trinajstić information content (AvgIpc) is 2.85. The standard InChI is InChI=1S/C27H33N2O4S.BrH/c1-29(2,20-9-19-28(34(31)32)25-13-7-4-8-14-25)21-10-22-33-26-17-15-24(16-18-26)27(30)23-11-5-3-6-12-23;/h3-8,11-18,34H,9-10,19-22H2,1-2H3;1H/q+1;/p-1. The summed E-state index contributed by atoms with van der Waals surface area (Å²) in [5, 5.41) is 0. The molecule has 0 atom stereocenters. The van der Waals surface area contributed by atoms with E-state index in [4.69, 9.17) is 4.74 Å². The van der Waals surface area contributed by atoms with Crippen molar-refractivity contribution < 1.29 is 39.4 Å². The second kappa shape index (κ2) is 14.0. The van der Waals surface area contributed by atoms with Crippen LogP contribution in [0.4, 0.5) is 5.69 Å². The van der Waals surface area contributed by atoms with Crippen molar-refractivity contribution in [3.63, 3.8) is 0 Å². The number of rotatable bonds is 13. The molecule has 0 spiro atoms. The maximum Gasteiger partial charge on any atom is 0.225 e. The van der Waals surface area contributed by atoms with E-state index in [1.807, 2.05) is 72.8 Å². The normalized spacial score (nSPS) is 11.1. The summed E-state index contributed by atoms with van der Waals surface area (Å²) in [7, 11) is 1.63. The largest absolute Gasteiger partial charge is 1.00 e. The van der Waals surface area contributed by atoms with Crippen molar-refractivity contribution in [2.75, 3.05) is 44.6 Å². The molecule has 35 heavy (non-hydrogen) atoms. The van der Waals surface area contributed by atoms with Gasteiger partial charge in [0.2, 0.25) is 10.9 Å². The third kappa shape index (κ3) is 9.12. The Kier molecular flexibility index (Phi) is 11.4. The quantitative estimate of drug-likeness (QED) is 0.148. The number of para-hydroxylation sites is 1. The summed E-state index contributed by atoms with van der Waals surface area (Å²) in [6.45, 7) is 2.83. The molecule has 0 bridgehead atoms. The average molecular weight is 562 g/mol. The molecule has 0 aliphatic carbocycles. The highest BCUT2D eigenvalue weighted by molar-refractivity contribution is 7.74. The van der Waals surface area contributed by atoms with Gasteiger partial charge in [0.15, 0.2) is 5.78 Å². The summed E-state index contributed by atoms with van der Waals surface area (Å²) in [4.78, 5) is 12.5. The summed E-state index contributed by atoms with van der Waals surface area (Å²) in [5.74, 6) is 0.742. The second-order valence-electron chi connectivity index (χ2n) is 8.85. The van der Waals surface area contributed by atoms with Crippen LogP contribution in [0.15, 0.2) is 84.9 Å². The fourth-order valence-electron chi connectivity index (χ4n) is 3.81. The van der Waals surface area contributed by atoms with Crippen molar-refractivity contribution in [3.8, 4) is 5.75 Å². The van der Waals surface area contributed by atoms with Crippen LogP contribution in [0.25, 0.3) is 0 Å². The van der Waals surface area contributed by atoms with Gasteiger partial charge in [0.1, 0.15) is 5.75 Å². The predicted octanol–water partition coefficient (Wildman–Crippen LogP) is 1.19. The number of thiol groups is 1. The fraction of sp³-hybridized carbons (Fsp3) is 0.296. The maximum absolute atomic E-state index is 12.5. The van der Waals surface area contributed by atoms with Crippen LogP contribution in [-0.2, 0) is 10.9 Å². The molecule has 188 valence electrons. The molecule has 8 heteroatoms. The van der Waals surface area contributed by atoms with Crippen molar-refractivity contribution in [2.24, 2.45) is 0 Å². The topological polar surface area (TPSA) is 63.7 Å². The first-order valence-corrected chi connectivity index (χ1v) is 12.6. The van der Waals surface area contributed by atoms with Crippen molar-refractivity contribution in [2.45, 2.75) is 12.8 Å². The first kappa shape index (κ1) is 28.6. The number of hydrogen-bond acceptors (Lipinski definition) is 4. The van der Waals surface area contributed by atoms with Crippen LogP contribution in [0.5, 0.6) is 5.75 Å². The van der Waals surface area contributed by atoms with Gasteiger partial charge in [0, 0.05) is 30.5 Å². The Morgan fingerprint density at radius 2 is 1.34 bits per heavy atom. The smallest absolute Gasteiger partial charge is 0.225 e. The molecular formula is C27H33BrN2O4S. The number of carbonyl (C=O) groups is 1. The summed E-state index contributed by atoms with van der Waals surface area (Å²) < 4.78 is 31.4. The molecule has 0 aliphatic heterocycles. The third-order valence-electron chi connectivity index (χ3n) is 5.71. The lowest BCUT2D eigenvalue weighted by Crippen LogP contribution is -3.00. The van der Waals surface area contributed by atoms with Gasteiger partial charge in [-0.2, -0.15) is 0 Å². The maximum atomic E-state index is 12.5. The highest BCUT2D eigenvalue weighted by atomic mass is 79.9. The first-order chi connectivity index (χ1) is 16.4. The molecule has 0 heterocycles. The van der Waals surface area contributed by atoms with E-state index in [1.54, 1.807) is 12.1 Å². The van der Waals surface area contributed by atoms with Crippen molar-refractivity contribution in [3.05, 3.63) is 96.1 Å². The summed E-state index contributed by atoms with van der Waals surface area (Å²) in [6.07, 6.45) is 1.64. The van der Waals surface area contributed by atoms with E-state index in [9.17, 15) is 13.2 Å². The summed E-state index contributed by atoms with van der Waals surface area (Å²) in [6, 6.07) is 25.7. The SMILES string of the molecule is C[N+](C)(CCCOc1ccc(C(=O)c2ccccc2)cc1)CCCN(c1ccccc1)[SH](=O)=O.[Br-]. The number of ether oxygens (including phenoxy) is 1. The number of anilines is 1. The highest BCUT2D eigenvalue weighted by Gasteiger charge is 2.16. The monoisotopic (exact) mass is 560 g/mol. The fourth-order valence-corrected chi connectivity index (χ4v) is 4.43. The molecule has 3 rings (SSSR count). The van der Waals surface area contributed by atoms with E-state index in [0.29, 0.717) is 30.0 Å². The third-order valence-corrected chi connectivity index (χ3v) is 6.54. The van der Waals surface area contributed by atoms with Gasteiger partial charge in [-0.25, -0.2) is 8.42 Å². The Morgan fingerprint density at radius 3 is 1.94 bits per heavy atom. The van der Waals surface area contributed by atoms with Gasteiger partial charge < -0.3 is 26.2 Å². The van der Waals surface area contributed by atoms with E-state index in [0.717, 1.165) is 36.2 Å². The zero-order chi connectivity index (χ0) is 24.4. The minimum absolute atomic E-state index is 0. The highest BCUT2D eigenvalue weighted by Crippen LogP contribution is 2.17. The van der Waals surface area contributed by atoms with E-state index in [1.165, 1.54) is 4.31 Å². The van der Waals surface area contributed by atoms with Crippen LogP contribution in [0, 0.1) is 0 Å². The molecule has 0 saturated carbocycles. The molecule has 0 fully saturated rings. The van der Waals surface area contributed by atoms with Gasteiger partial charge in [-0.3, -0.25) is 9.10 Å². The Morgan fingerprint density at radius 1 is 0.800 bits per heavy atom.